The molecular weight excluding hydrogens is 236 g/mol. The highest BCUT2D eigenvalue weighted by atomic mass is 16.6. The van der Waals surface area contributed by atoms with Crippen molar-refractivity contribution in [3.63, 3.8) is 0 Å². The summed E-state index contributed by atoms with van der Waals surface area (Å²) in [6.45, 7) is 6.36. The molecule has 0 aromatic rings. The van der Waals surface area contributed by atoms with Gasteiger partial charge in [-0.2, -0.15) is 0 Å². The van der Waals surface area contributed by atoms with Gasteiger partial charge in [0.2, 0.25) is 0 Å². The summed E-state index contributed by atoms with van der Waals surface area (Å²) in [5.74, 6) is 3.26. The molecule has 0 heterocycles. The van der Waals surface area contributed by atoms with E-state index in [0.717, 1.165) is 37.0 Å². The van der Waals surface area contributed by atoms with E-state index < -0.39 is 0 Å². The molecule has 0 spiro atoms. The van der Waals surface area contributed by atoms with E-state index in [0.29, 0.717) is 5.92 Å². The van der Waals surface area contributed by atoms with Crippen LogP contribution in [0.1, 0.15) is 65.7 Å². The summed E-state index contributed by atoms with van der Waals surface area (Å²) < 4.78 is 6.17. The Hall–Kier alpha value is -0.530. The monoisotopic (exact) mass is 264 g/mol. The van der Waals surface area contributed by atoms with Crippen molar-refractivity contribution in [2.75, 3.05) is 0 Å². The maximum atomic E-state index is 12.3. The SMILES string of the molecule is CCC(C)C(=O)OC12CC3CC(CC(C3)C1CC)C2. The molecule has 4 bridgehead atoms. The van der Waals surface area contributed by atoms with Gasteiger partial charge in [0.25, 0.3) is 0 Å². The summed E-state index contributed by atoms with van der Waals surface area (Å²) in [5.41, 5.74) is -0.0794. The van der Waals surface area contributed by atoms with Crippen LogP contribution in [0.5, 0.6) is 0 Å². The van der Waals surface area contributed by atoms with Gasteiger partial charge in [-0.3, -0.25) is 4.79 Å². The smallest absolute Gasteiger partial charge is 0.309 e. The van der Waals surface area contributed by atoms with Gasteiger partial charge in [0.15, 0.2) is 0 Å². The highest BCUT2D eigenvalue weighted by Crippen LogP contribution is 2.60. The molecule has 4 rings (SSSR count). The maximum absolute atomic E-state index is 12.3. The maximum Gasteiger partial charge on any atom is 0.309 e. The summed E-state index contributed by atoms with van der Waals surface area (Å²) in [5, 5.41) is 0. The third-order valence-corrected chi connectivity index (χ3v) is 6.21. The Morgan fingerprint density at radius 3 is 2.37 bits per heavy atom. The standard InChI is InChI=1S/C17H28O2/c1-4-11(3)16(18)19-17-9-12-6-13(10-17)8-14(7-12)15(17)5-2/h11-15H,4-10H2,1-3H3. The number of rotatable bonds is 4. The van der Waals surface area contributed by atoms with Gasteiger partial charge in [-0.15, -0.1) is 0 Å². The third kappa shape index (κ3) is 2.11. The van der Waals surface area contributed by atoms with Gasteiger partial charge in [-0.05, 0) is 62.7 Å². The van der Waals surface area contributed by atoms with Crippen LogP contribution in [-0.4, -0.2) is 11.6 Å². The fraction of sp³-hybridized carbons (Fsp3) is 0.941. The van der Waals surface area contributed by atoms with Crippen molar-refractivity contribution in [3.8, 4) is 0 Å². The Labute approximate surface area is 117 Å². The molecular formula is C17H28O2. The van der Waals surface area contributed by atoms with Gasteiger partial charge < -0.3 is 4.74 Å². The van der Waals surface area contributed by atoms with E-state index >= 15 is 0 Å². The first kappa shape index (κ1) is 13.5. The molecule has 0 radical (unpaired) electrons. The van der Waals surface area contributed by atoms with Crippen molar-refractivity contribution < 1.29 is 9.53 Å². The number of carbonyl (C=O) groups excluding carboxylic acids is 1. The molecule has 0 amide bonds. The van der Waals surface area contributed by atoms with Crippen molar-refractivity contribution in [1.29, 1.82) is 0 Å². The van der Waals surface area contributed by atoms with E-state index in [1.165, 1.54) is 25.7 Å². The molecule has 4 aliphatic rings. The molecule has 0 aromatic heterocycles. The predicted molar refractivity (Wildman–Crippen MR) is 75.6 cm³/mol. The minimum atomic E-state index is -0.0794. The van der Waals surface area contributed by atoms with E-state index in [1.54, 1.807) is 0 Å². The molecule has 0 N–H and O–H groups in total. The molecule has 4 fully saturated rings. The summed E-state index contributed by atoms with van der Waals surface area (Å²) in [6, 6.07) is 0. The van der Waals surface area contributed by atoms with Crippen LogP contribution in [-0.2, 0) is 9.53 Å². The number of esters is 1. The van der Waals surface area contributed by atoms with Gasteiger partial charge in [0.1, 0.15) is 5.60 Å². The summed E-state index contributed by atoms with van der Waals surface area (Å²) >= 11 is 0. The zero-order valence-electron chi connectivity index (χ0n) is 12.7. The van der Waals surface area contributed by atoms with Crippen molar-refractivity contribution in [1.82, 2.24) is 0 Å². The Morgan fingerprint density at radius 2 is 1.84 bits per heavy atom. The summed E-state index contributed by atoms with van der Waals surface area (Å²) in [4.78, 5) is 12.3. The zero-order chi connectivity index (χ0) is 13.6. The van der Waals surface area contributed by atoms with Crippen LogP contribution >= 0.6 is 0 Å². The predicted octanol–water partition coefficient (Wildman–Crippen LogP) is 4.18. The average molecular weight is 264 g/mol. The molecule has 4 unspecified atom stereocenters. The molecule has 2 heteroatoms. The zero-order valence-corrected chi connectivity index (χ0v) is 12.7. The van der Waals surface area contributed by atoms with E-state index in [1.807, 2.05) is 6.92 Å². The minimum Gasteiger partial charge on any atom is -0.459 e. The fourth-order valence-electron chi connectivity index (χ4n) is 5.40. The van der Waals surface area contributed by atoms with E-state index in [9.17, 15) is 4.79 Å². The molecule has 2 nitrogen and oxygen atoms in total. The largest absolute Gasteiger partial charge is 0.459 e. The molecule has 4 atom stereocenters. The number of hydrogen-bond donors (Lipinski definition) is 0. The lowest BCUT2D eigenvalue weighted by atomic mass is 9.49. The Kier molecular flexibility index (Phi) is 3.39. The van der Waals surface area contributed by atoms with Crippen LogP contribution in [0.25, 0.3) is 0 Å². The highest BCUT2D eigenvalue weighted by Gasteiger charge is 2.58. The second-order valence-corrected chi connectivity index (χ2v) is 7.42. The fourth-order valence-corrected chi connectivity index (χ4v) is 5.40. The number of carbonyl (C=O) groups is 1. The Morgan fingerprint density at radius 1 is 1.21 bits per heavy atom. The quantitative estimate of drug-likeness (QED) is 0.712. The first-order valence-corrected chi connectivity index (χ1v) is 8.30. The average Bonchev–Trinajstić information content (AvgIpc) is 2.36. The number of ether oxygens (including phenoxy) is 1. The minimum absolute atomic E-state index is 0.0582. The van der Waals surface area contributed by atoms with Gasteiger partial charge in [-0.1, -0.05) is 20.8 Å². The lowest BCUT2D eigenvalue weighted by Crippen LogP contribution is -2.59. The Bertz CT molecular complexity index is 348. The topological polar surface area (TPSA) is 26.3 Å². The third-order valence-electron chi connectivity index (χ3n) is 6.21. The van der Waals surface area contributed by atoms with E-state index in [4.69, 9.17) is 4.74 Å². The summed E-state index contributed by atoms with van der Waals surface area (Å²) in [7, 11) is 0. The first-order valence-electron chi connectivity index (χ1n) is 8.30. The van der Waals surface area contributed by atoms with Crippen LogP contribution in [0.4, 0.5) is 0 Å². The van der Waals surface area contributed by atoms with Crippen LogP contribution in [0.2, 0.25) is 0 Å². The van der Waals surface area contributed by atoms with Gasteiger partial charge in [0, 0.05) is 5.92 Å². The van der Waals surface area contributed by atoms with Crippen LogP contribution in [0, 0.1) is 29.6 Å². The molecule has 0 aromatic carbocycles. The second kappa shape index (κ2) is 4.79. The molecule has 0 saturated heterocycles. The van der Waals surface area contributed by atoms with Gasteiger partial charge in [0.05, 0.1) is 5.92 Å². The van der Waals surface area contributed by atoms with Crippen LogP contribution in [0.15, 0.2) is 0 Å². The lowest BCUT2D eigenvalue weighted by molar-refractivity contribution is -0.212. The van der Waals surface area contributed by atoms with Gasteiger partial charge in [-0.25, -0.2) is 0 Å². The van der Waals surface area contributed by atoms with Crippen LogP contribution < -0.4 is 0 Å². The molecule has 4 aliphatic carbocycles. The van der Waals surface area contributed by atoms with Gasteiger partial charge >= 0.3 is 5.97 Å². The summed E-state index contributed by atoms with van der Waals surface area (Å²) in [6.07, 6.45) is 8.58. The van der Waals surface area contributed by atoms with Crippen molar-refractivity contribution in [3.05, 3.63) is 0 Å². The Balaban J connectivity index is 1.81. The molecule has 108 valence electrons. The normalized spacial score (nSPS) is 45.2. The van der Waals surface area contributed by atoms with Crippen molar-refractivity contribution in [2.24, 2.45) is 29.6 Å². The second-order valence-electron chi connectivity index (χ2n) is 7.42. The van der Waals surface area contributed by atoms with E-state index in [2.05, 4.69) is 13.8 Å². The number of hydrogen-bond acceptors (Lipinski definition) is 2. The van der Waals surface area contributed by atoms with Crippen molar-refractivity contribution in [2.45, 2.75) is 71.3 Å². The van der Waals surface area contributed by atoms with Crippen LogP contribution in [0.3, 0.4) is 0 Å². The molecule has 19 heavy (non-hydrogen) atoms. The first-order chi connectivity index (χ1) is 9.08. The molecule has 4 saturated carbocycles. The molecule has 0 aliphatic heterocycles. The van der Waals surface area contributed by atoms with E-state index in [-0.39, 0.29) is 17.5 Å². The highest BCUT2D eigenvalue weighted by molar-refractivity contribution is 5.72. The lowest BCUT2D eigenvalue weighted by Gasteiger charge is -2.60. The van der Waals surface area contributed by atoms with Crippen molar-refractivity contribution >= 4 is 5.97 Å².